The van der Waals surface area contributed by atoms with Crippen molar-refractivity contribution < 1.29 is 9.94 Å². The highest BCUT2D eigenvalue weighted by Gasteiger charge is 2.04. The number of rotatable bonds is 12. The monoisotopic (exact) mass is 283 g/mol. The molecular formula is C15H29N3O2. The van der Waals surface area contributed by atoms with Crippen LogP contribution in [0, 0.1) is 0 Å². The van der Waals surface area contributed by atoms with E-state index in [1.165, 1.54) is 64.0 Å². The van der Waals surface area contributed by atoms with Gasteiger partial charge < -0.3 is 4.74 Å². The van der Waals surface area contributed by atoms with Crippen molar-refractivity contribution in [3.63, 3.8) is 0 Å². The third kappa shape index (κ3) is 8.80. The molecule has 0 atom stereocenters. The van der Waals surface area contributed by atoms with Gasteiger partial charge in [0.1, 0.15) is 0 Å². The van der Waals surface area contributed by atoms with E-state index in [4.69, 9.17) is 9.94 Å². The van der Waals surface area contributed by atoms with Crippen LogP contribution in [-0.2, 0) is 4.74 Å². The second-order valence-electron chi connectivity index (χ2n) is 5.23. The Balaban J connectivity index is 1.81. The number of unbranched alkanes of at least 4 members (excludes halogenated alkanes) is 9. The van der Waals surface area contributed by atoms with Crippen LogP contribution >= 0.6 is 0 Å². The summed E-state index contributed by atoms with van der Waals surface area (Å²) >= 11 is 0. The molecule has 0 saturated carbocycles. The van der Waals surface area contributed by atoms with Gasteiger partial charge in [-0.1, -0.05) is 70.0 Å². The zero-order valence-corrected chi connectivity index (χ0v) is 12.7. The van der Waals surface area contributed by atoms with Crippen molar-refractivity contribution >= 4 is 6.21 Å². The molecular weight excluding hydrogens is 254 g/mol. The van der Waals surface area contributed by atoms with E-state index in [1.54, 1.807) is 6.08 Å². The number of ether oxygens (including phenoxy) is 1. The molecule has 0 aromatic rings. The molecule has 5 heteroatoms. The molecule has 0 unspecified atom stereocenters. The summed E-state index contributed by atoms with van der Waals surface area (Å²) in [6.45, 7) is 2.93. The summed E-state index contributed by atoms with van der Waals surface area (Å²) in [4.78, 5) is 0. The minimum atomic E-state index is 0.540. The van der Waals surface area contributed by atoms with Gasteiger partial charge >= 0.3 is 0 Å². The average molecular weight is 283 g/mol. The van der Waals surface area contributed by atoms with Crippen LogP contribution in [0.1, 0.15) is 71.1 Å². The van der Waals surface area contributed by atoms with Crippen LogP contribution in [0.2, 0.25) is 0 Å². The third-order valence-corrected chi connectivity index (χ3v) is 3.37. The SMILES string of the molecule is CCCCCCCCCCCCOC1=CC=NN(O)N1. The molecule has 2 N–H and O–H groups in total. The zero-order valence-electron chi connectivity index (χ0n) is 12.7. The van der Waals surface area contributed by atoms with Crippen LogP contribution in [0.15, 0.2) is 17.1 Å². The maximum Gasteiger partial charge on any atom is 0.210 e. The molecule has 0 aromatic heterocycles. The summed E-state index contributed by atoms with van der Waals surface area (Å²) in [6, 6.07) is 0. The molecule has 1 rings (SSSR count). The maximum atomic E-state index is 9.06. The van der Waals surface area contributed by atoms with Crippen molar-refractivity contribution in [2.45, 2.75) is 71.1 Å². The van der Waals surface area contributed by atoms with Crippen LogP contribution in [-0.4, -0.2) is 23.3 Å². The molecule has 0 aromatic carbocycles. The van der Waals surface area contributed by atoms with Crippen LogP contribution < -0.4 is 5.43 Å². The van der Waals surface area contributed by atoms with Crippen molar-refractivity contribution in [3.05, 3.63) is 12.0 Å². The molecule has 1 aliphatic heterocycles. The number of hydrogen-bond acceptors (Lipinski definition) is 5. The van der Waals surface area contributed by atoms with Crippen LogP contribution in [0.25, 0.3) is 0 Å². The van der Waals surface area contributed by atoms with E-state index < -0.39 is 0 Å². The standard InChI is InChI=1S/C15H29N3O2/c1-2-3-4-5-6-7-8-9-10-11-14-20-15-12-13-16-18(19)17-15/h12-13,17,19H,2-11,14H2,1H3. The third-order valence-electron chi connectivity index (χ3n) is 3.37. The van der Waals surface area contributed by atoms with Crippen molar-refractivity contribution in [3.8, 4) is 0 Å². The van der Waals surface area contributed by atoms with Gasteiger partial charge in [-0.2, -0.15) is 0 Å². The van der Waals surface area contributed by atoms with E-state index in [-0.39, 0.29) is 0 Å². The van der Waals surface area contributed by atoms with E-state index in [2.05, 4.69) is 17.5 Å². The first kappa shape index (κ1) is 16.8. The fraction of sp³-hybridized carbons (Fsp3) is 0.800. The van der Waals surface area contributed by atoms with E-state index in [1.807, 2.05) is 0 Å². The largest absolute Gasteiger partial charge is 0.478 e. The highest BCUT2D eigenvalue weighted by Crippen LogP contribution is 2.10. The second kappa shape index (κ2) is 11.6. The Morgan fingerprint density at radius 2 is 1.65 bits per heavy atom. The molecule has 0 radical (unpaired) electrons. The van der Waals surface area contributed by atoms with Gasteiger partial charge in [0.05, 0.1) is 12.8 Å². The normalized spacial score (nSPS) is 14.1. The van der Waals surface area contributed by atoms with Gasteiger partial charge in [-0.15, -0.1) is 5.10 Å². The van der Waals surface area contributed by atoms with Gasteiger partial charge in [0.2, 0.25) is 5.88 Å². The molecule has 0 spiro atoms. The van der Waals surface area contributed by atoms with E-state index in [0.29, 0.717) is 17.8 Å². The summed E-state index contributed by atoms with van der Waals surface area (Å²) in [5, 5.41) is 13.3. The fourth-order valence-corrected chi connectivity index (χ4v) is 2.18. The van der Waals surface area contributed by atoms with Crippen molar-refractivity contribution in [1.82, 2.24) is 10.7 Å². The first-order valence-corrected chi connectivity index (χ1v) is 7.95. The number of allylic oxidation sites excluding steroid dienone is 1. The molecule has 5 nitrogen and oxygen atoms in total. The first-order valence-electron chi connectivity index (χ1n) is 7.95. The quantitative estimate of drug-likeness (QED) is 0.532. The van der Waals surface area contributed by atoms with Crippen molar-refractivity contribution in [2.75, 3.05) is 6.61 Å². The number of hydrogen-bond donors (Lipinski definition) is 2. The molecule has 0 aliphatic carbocycles. The molecule has 20 heavy (non-hydrogen) atoms. The average Bonchev–Trinajstić information content (AvgIpc) is 2.45. The highest BCUT2D eigenvalue weighted by atomic mass is 16.6. The first-order chi connectivity index (χ1) is 9.83. The Kier molecular flexibility index (Phi) is 9.74. The molecule has 0 saturated heterocycles. The van der Waals surface area contributed by atoms with E-state index in [0.717, 1.165) is 6.42 Å². The predicted molar refractivity (Wildman–Crippen MR) is 81.1 cm³/mol. The van der Waals surface area contributed by atoms with Crippen LogP contribution in [0.5, 0.6) is 0 Å². The summed E-state index contributed by atoms with van der Waals surface area (Å²) in [6.07, 6.45) is 16.3. The maximum absolute atomic E-state index is 9.06. The lowest BCUT2D eigenvalue weighted by Crippen LogP contribution is -2.33. The number of nitrogens with one attached hydrogen (secondary N) is 1. The Morgan fingerprint density at radius 3 is 2.25 bits per heavy atom. The zero-order chi connectivity index (χ0) is 14.5. The highest BCUT2D eigenvalue weighted by molar-refractivity contribution is 5.71. The summed E-state index contributed by atoms with van der Waals surface area (Å²) in [5.41, 5.74) is 2.58. The lowest BCUT2D eigenvalue weighted by molar-refractivity contribution is -0.140. The fourth-order valence-electron chi connectivity index (χ4n) is 2.18. The van der Waals surface area contributed by atoms with Gasteiger partial charge in [0.25, 0.3) is 0 Å². The van der Waals surface area contributed by atoms with Crippen LogP contribution in [0.3, 0.4) is 0 Å². The Labute approximate surface area is 122 Å². The van der Waals surface area contributed by atoms with Gasteiger partial charge in [0, 0.05) is 6.08 Å². The van der Waals surface area contributed by atoms with Gasteiger partial charge in [0.15, 0.2) is 0 Å². The van der Waals surface area contributed by atoms with Crippen molar-refractivity contribution in [2.24, 2.45) is 5.10 Å². The lowest BCUT2D eigenvalue weighted by Gasteiger charge is -2.18. The minimum absolute atomic E-state index is 0.540. The van der Waals surface area contributed by atoms with Gasteiger partial charge in [-0.05, 0) is 6.42 Å². The Hall–Kier alpha value is -1.23. The summed E-state index contributed by atoms with van der Waals surface area (Å²) in [7, 11) is 0. The number of hydrazine groups is 1. The smallest absolute Gasteiger partial charge is 0.210 e. The lowest BCUT2D eigenvalue weighted by atomic mass is 10.1. The molecule has 0 bridgehead atoms. The molecule has 1 aliphatic rings. The Bertz CT molecular complexity index is 293. The predicted octanol–water partition coefficient (Wildman–Crippen LogP) is 3.96. The van der Waals surface area contributed by atoms with Crippen molar-refractivity contribution in [1.29, 1.82) is 0 Å². The minimum Gasteiger partial charge on any atom is -0.478 e. The topological polar surface area (TPSA) is 57.1 Å². The van der Waals surface area contributed by atoms with E-state index in [9.17, 15) is 0 Å². The molecule has 116 valence electrons. The van der Waals surface area contributed by atoms with Gasteiger partial charge in [-0.25, -0.2) is 5.43 Å². The molecule has 1 heterocycles. The Morgan fingerprint density at radius 1 is 1.05 bits per heavy atom. The molecule has 0 amide bonds. The van der Waals surface area contributed by atoms with Gasteiger partial charge in [-0.3, -0.25) is 5.21 Å². The van der Waals surface area contributed by atoms with Crippen LogP contribution in [0.4, 0.5) is 0 Å². The summed E-state index contributed by atoms with van der Waals surface area (Å²) in [5.74, 6) is 0.540. The molecule has 0 fully saturated rings. The van der Waals surface area contributed by atoms with E-state index >= 15 is 0 Å². The number of nitrogens with zero attached hydrogens (tertiary/aromatic N) is 2. The second-order valence-corrected chi connectivity index (χ2v) is 5.23. The number of hydrazone groups is 1. The summed E-state index contributed by atoms with van der Waals surface area (Å²) < 4.78 is 5.48.